The number of nitrogens with zero attached hydrogens (tertiary/aromatic N) is 3. The number of β-lactam (4-membered cyclic amide) rings is 1. The summed E-state index contributed by atoms with van der Waals surface area (Å²) in [6, 6.07) is 1.10. The van der Waals surface area contributed by atoms with E-state index in [9.17, 15) is 27.9 Å². The Hall–Kier alpha value is -3.10. The van der Waals surface area contributed by atoms with Gasteiger partial charge in [0.1, 0.15) is 6.04 Å². The van der Waals surface area contributed by atoms with Crippen LogP contribution in [0.2, 0.25) is 0 Å². The average Bonchev–Trinajstić information content (AvgIpc) is 3.19. The second-order valence-electron chi connectivity index (χ2n) is 6.30. The Bertz CT molecular complexity index is 1070. The Morgan fingerprint density at radius 3 is 2.77 bits per heavy atom. The lowest BCUT2D eigenvalue weighted by Gasteiger charge is -2.42. The largest absolute Gasteiger partial charge is 0.503 e. The molecule has 0 unspecified atom stereocenters. The number of thiophene rings is 1. The summed E-state index contributed by atoms with van der Waals surface area (Å²) in [5, 5.41) is 17.1. The van der Waals surface area contributed by atoms with Gasteiger partial charge in [0.15, 0.2) is 18.1 Å². The highest BCUT2D eigenvalue weighted by Crippen LogP contribution is 2.23. The van der Waals surface area contributed by atoms with E-state index in [4.69, 9.17) is 9.39 Å². The number of ketones is 1. The quantitative estimate of drug-likeness (QED) is 0.219. The molecule has 3 N–H and O–H groups in total. The molecular weight excluding hydrogens is 440 g/mol. The first-order valence-electron chi connectivity index (χ1n) is 8.43. The third-order valence-electron chi connectivity index (χ3n) is 4.25. The highest BCUT2D eigenvalue weighted by atomic mass is 32.2. The molecule has 0 aromatic carbocycles. The van der Waals surface area contributed by atoms with Crippen LogP contribution in [0, 0.1) is 0 Å². The molecule has 0 spiro atoms. The van der Waals surface area contributed by atoms with E-state index in [1.807, 2.05) is 0 Å². The van der Waals surface area contributed by atoms with Gasteiger partial charge in [-0.15, -0.1) is 11.3 Å². The van der Waals surface area contributed by atoms with Crippen molar-refractivity contribution in [3.05, 3.63) is 34.3 Å². The number of oxime groups is 1. The van der Waals surface area contributed by atoms with Gasteiger partial charge >= 0.3 is 10.3 Å². The molecule has 0 bridgehead atoms. The lowest BCUT2D eigenvalue weighted by Crippen LogP contribution is -2.71. The van der Waals surface area contributed by atoms with E-state index in [0.29, 0.717) is 10.6 Å². The van der Waals surface area contributed by atoms with E-state index >= 15 is 0 Å². The Balaban J connectivity index is 1.70. The van der Waals surface area contributed by atoms with Gasteiger partial charge in [0, 0.05) is 0 Å². The smallest absolute Gasteiger partial charge is 0.362 e. The zero-order valence-corrected chi connectivity index (χ0v) is 17.0. The van der Waals surface area contributed by atoms with E-state index in [-0.39, 0.29) is 23.0 Å². The molecule has 14 heteroatoms. The van der Waals surface area contributed by atoms with Gasteiger partial charge in [0.25, 0.3) is 11.8 Å². The number of hydrogen-bond acceptors (Lipinski definition) is 10. The lowest BCUT2D eigenvalue weighted by molar-refractivity contribution is -0.143. The number of carbonyl (C=O) groups excluding carboxylic acids is 3. The lowest BCUT2D eigenvalue weighted by atomic mass is 10.0. The van der Waals surface area contributed by atoms with Crippen molar-refractivity contribution in [2.24, 2.45) is 10.1 Å². The van der Waals surface area contributed by atoms with Crippen molar-refractivity contribution < 1.29 is 37.3 Å². The third kappa shape index (κ3) is 4.39. The van der Waals surface area contributed by atoms with Crippen LogP contribution in [-0.4, -0.2) is 70.1 Å². The summed E-state index contributed by atoms with van der Waals surface area (Å²) < 4.78 is 31.6. The predicted octanol–water partition coefficient (Wildman–Crippen LogP) is -0.200. The predicted molar refractivity (Wildman–Crippen MR) is 104 cm³/mol. The highest BCUT2D eigenvalue weighted by molar-refractivity contribution is 7.84. The molecule has 2 atom stereocenters. The number of allylic oxidation sites excluding steroid dienone is 1. The summed E-state index contributed by atoms with van der Waals surface area (Å²) in [7, 11) is -4.72. The molecule has 0 radical (unpaired) electrons. The summed E-state index contributed by atoms with van der Waals surface area (Å²) in [5.74, 6) is -2.76. The minimum atomic E-state index is -4.72. The maximum atomic E-state index is 12.6. The number of carbonyl (C=O) groups is 3. The summed E-state index contributed by atoms with van der Waals surface area (Å²) in [6.45, 7) is 1.13. The van der Waals surface area contributed by atoms with Crippen LogP contribution in [0.4, 0.5) is 0 Å². The monoisotopic (exact) mass is 456 g/mol. The van der Waals surface area contributed by atoms with Crippen molar-refractivity contribution in [1.29, 1.82) is 0 Å². The highest BCUT2D eigenvalue weighted by Gasteiger charge is 2.51. The van der Waals surface area contributed by atoms with Crippen LogP contribution in [0.15, 0.2) is 39.6 Å². The minimum Gasteiger partial charge on any atom is -0.503 e. The normalized spacial score (nSPS) is 22.2. The fourth-order valence-electron chi connectivity index (χ4n) is 2.73. The van der Waals surface area contributed by atoms with Crippen molar-refractivity contribution in [3.8, 4) is 0 Å². The van der Waals surface area contributed by atoms with Crippen LogP contribution in [0.3, 0.4) is 0 Å². The number of aliphatic imine (C=N–C) groups is 1. The molecule has 160 valence electrons. The molecule has 2 amide bonds. The van der Waals surface area contributed by atoms with Gasteiger partial charge in [-0.25, -0.2) is 4.31 Å². The number of nitrogens with one attached hydrogen (secondary N) is 1. The second-order valence-corrected chi connectivity index (χ2v) is 8.54. The standard InChI is InChI=1S/C16H16N4O8S2/c1-8-13(16(24)20(8)30(25,26)27)18-15(23)14(12-3-2-4-29-12)19-28-7-9-5-10(21)11(22)6-17-9/h2-4,6,8,13,22H,5,7H2,1H3,(H,18,23)(H,25,26,27)/t8-,13-/m0/s1. The van der Waals surface area contributed by atoms with E-state index < -0.39 is 45.7 Å². The fourth-order valence-corrected chi connectivity index (χ4v) is 4.32. The van der Waals surface area contributed by atoms with Gasteiger partial charge < -0.3 is 15.3 Å². The van der Waals surface area contributed by atoms with Crippen molar-refractivity contribution >= 4 is 50.7 Å². The van der Waals surface area contributed by atoms with Crippen LogP contribution >= 0.6 is 11.3 Å². The summed E-state index contributed by atoms with van der Waals surface area (Å²) >= 11 is 1.18. The number of rotatable bonds is 7. The van der Waals surface area contributed by atoms with E-state index in [2.05, 4.69) is 15.5 Å². The number of hydrogen-bond donors (Lipinski definition) is 3. The molecule has 12 nitrogen and oxygen atoms in total. The van der Waals surface area contributed by atoms with Crippen LogP contribution in [0.1, 0.15) is 18.2 Å². The van der Waals surface area contributed by atoms with Gasteiger partial charge in [-0.2, -0.15) is 8.42 Å². The third-order valence-corrected chi connectivity index (χ3v) is 6.13. The first-order chi connectivity index (χ1) is 14.1. The fraction of sp³-hybridized carbons (Fsp3) is 0.312. The average molecular weight is 456 g/mol. The van der Waals surface area contributed by atoms with E-state index in [1.165, 1.54) is 18.3 Å². The number of Topliss-reactive ketones (excluding diaryl/α,β-unsaturated/α-hetero) is 1. The van der Waals surface area contributed by atoms with Crippen molar-refractivity contribution in [2.45, 2.75) is 25.4 Å². The summed E-state index contributed by atoms with van der Waals surface area (Å²) in [5.41, 5.74) is 0.121. The molecule has 2 aliphatic heterocycles. The maximum Gasteiger partial charge on any atom is 0.362 e. The molecule has 0 aliphatic carbocycles. The first-order valence-corrected chi connectivity index (χ1v) is 10.7. The summed E-state index contributed by atoms with van der Waals surface area (Å²) in [6.07, 6.45) is 0.837. The van der Waals surface area contributed by atoms with Crippen molar-refractivity contribution in [3.63, 3.8) is 0 Å². The molecule has 3 rings (SSSR count). The van der Waals surface area contributed by atoms with Gasteiger partial charge in [0.2, 0.25) is 5.78 Å². The van der Waals surface area contributed by atoms with Gasteiger partial charge in [-0.1, -0.05) is 11.2 Å². The van der Waals surface area contributed by atoms with Crippen LogP contribution < -0.4 is 5.32 Å². The van der Waals surface area contributed by atoms with Gasteiger partial charge in [-0.3, -0.25) is 23.9 Å². The molecule has 1 fully saturated rings. The van der Waals surface area contributed by atoms with Gasteiger partial charge in [0.05, 0.1) is 29.3 Å². The summed E-state index contributed by atoms with van der Waals surface area (Å²) in [4.78, 5) is 45.5. The Labute approximate surface area is 174 Å². The molecule has 30 heavy (non-hydrogen) atoms. The Kier molecular flexibility index (Phi) is 6.00. The SMILES string of the molecule is C[C@H]1[C@H](NC(=O)C(=NOCC2=NC=C(O)C(=O)C2)c2cccs2)C(=O)N1S(=O)(=O)O. The van der Waals surface area contributed by atoms with E-state index in [0.717, 1.165) is 6.20 Å². The van der Waals surface area contributed by atoms with Gasteiger partial charge in [-0.05, 0) is 18.4 Å². The zero-order chi connectivity index (χ0) is 22.1. The zero-order valence-electron chi connectivity index (χ0n) is 15.4. The Morgan fingerprint density at radius 1 is 1.47 bits per heavy atom. The number of aliphatic hydroxyl groups is 1. The topological polar surface area (TPSA) is 175 Å². The van der Waals surface area contributed by atoms with E-state index in [1.54, 1.807) is 17.5 Å². The molecule has 2 aliphatic rings. The van der Waals surface area contributed by atoms with Crippen molar-refractivity contribution in [1.82, 2.24) is 9.62 Å². The van der Waals surface area contributed by atoms with Crippen LogP contribution in [0.5, 0.6) is 0 Å². The Morgan fingerprint density at radius 2 is 2.20 bits per heavy atom. The van der Waals surface area contributed by atoms with Crippen LogP contribution in [-0.2, 0) is 29.5 Å². The molecule has 1 aromatic rings. The number of aliphatic hydroxyl groups excluding tert-OH is 1. The first kappa shape index (κ1) is 21.6. The molecule has 1 saturated heterocycles. The van der Waals surface area contributed by atoms with Crippen LogP contribution in [0.25, 0.3) is 0 Å². The molecule has 1 aromatic heterocycles. The molecule has 3 heterocycles. The second kappa shape index (κ2) is 8.33. The molecular formula is C16H16N4O8S2. The maximum absolute atomic E-state index is 12.6. The van der Waals surface area contributed by atoms with Crippen molar-refractivity contribution in [2.75, 3.05) is 6.61 Å². The minimum absolute atomic E-state index is 0.155. The molecule has 0 saturated carbocycles. The number of amides is 2.